The first kappa shape index (κ1) is 13.8. The van der Waals surface area contributed by atoms with Crippen LogP contribution in [0.3, 0.4) is 0 Å². The number of nitrogens with zero attached hydrogens (tertiary/aromatic N) is 1. The first-order valence-corrected chi connectivity index (χ1v) is 6.31. The molecule has 1 aromatic heterocycles. The highest BCUT2D eigenvalue weighted by Gasteiger charge is 2.03. The van der Waals surface area contributed by atoms with E-state index in [2.05, 4.69) is 29.5 Å². The van der Waals surface area contributed by atoms with Gasteiger partial charge in [-0.2, -0.15) is 0 Å². The van der Waals surface area contributed by atoms with Gasteiger partial charge in [0, 0.05) is 19.2 Å². The van der Waals surface area contributed by atoms with Gasteiger partial charge in [0.15, 0.2) is 0 Å². The van der Waals surface area contributed by atoms with Gasteiger partial charge in [0.25, 0.3) is 0 Å². The molecule has 96 valence electrons. The number of rotatable bonds is 8. The SMILES string of the molecule is CCCNc1cccc(NC(C)COCC)n1. The second-order valence-corrected chi connectivity index (χ2v) is 4.04. The van der Waals surface area contributed by atoms with Crippen LogP contribution in [0.4, 0.5) is 11.6 Å². The normalized spacial score (nSPS) is 12.2. The van der Waals surface area contributed by atoms with Gasteiger partial charge in [0.2, 0.25) is 0 Å². The Labute approximate surface area is 104 Å². The molecule has 0 aliphatic carbocycles. The van der Waals surface area contributed by atoms with Crippen molar-refractivity contribution in [2.45, 2.75) is 33.2 Å². The Balaban J connectivity index is 2.47. The molecule has 1 heterocycles. The average Bonchev–Trinajstić information content (AvgIpc) is 2.34. The lowest BCUT2D eigenvalue weighted by Gasteiger charge is -2.15. The molecule has 0 bridgehead atoms. The number of ether oxygens (including phenoxy) is 1. The van der Waals surface area contributed by atoms with E-state index < -0.39 is 0 Å². The summed E-state index contributed by atoms with van der Waals surface area (Å²) in [7, 11) is 0. The standard InChI is InChI=1S/C13H23N3O/c1-4-9-14-12-7-6-8-13(16-12)15-11(3)10-17-5-2/h6-8,11H,4-5,9-10H2,1-3H3,(H2,14,15,16). The van der Waals surface area contributed by atoms with E-state index in [9.17, 15) is 0 Å². The van der Waals surface area contributed by atoms with Crippen molar-refractivity contribution in [3.05, 3.63) is 18.2 Å². The lowest BCUT2D eigenvalue weighted by atomic mass is 10.3. The molecule has 0 aliphatic heterocycles. The Morgan fingerprint density at radius 1 is 1.29 bits per heavy atom. The third-order valence-corrected chi connectivity index (χ3v) is 2.27. The molecule has 0 radical (unpaired) electrons. The van der Waals surface area contributed by atoms with Crippen LogP contribution in [0.1, 0.15) is 27.2 Å². The second-order valence-electron chi connectivity index (χ2n) is 4.04. The lowest BCUT2D eigenvalue weighted by Crippen LogP contribution is -2.22. The summed E-state index contributed by atoms with van der Waals surface area (Å²) in [5, 5.41) is 6.59. The van der Waals surface area contributed by atoms with Gasteiger partial charge in [-0.15, -0.1) is 0 Å². The first-order chi connectivity index (χ1) is 8.26. The summed E-state index contributed by atoms with van der Waals surface area (Å²) in [6.07, 6.45) is 1.10. The smallest absolute Gasteiger partial charge is 0.128 e. The molecule has 0 saturated heterocycles. The fourth-order valence-corrected chi connectivity index (χ4v) is 1.46. The molecule has 0 fully saturated rings. The fourth-order valence-electron chi connectivity index (χ4n) is 1.46. The molecular weight excluding hydrogens is 214 g/mol. The molecule has 1 atom stereocenters. The predicted octanol–water partition coefficient (Wildman–Crippen LogP) is 2.74. The van der Waals surface area contributed by atoms with E-state index in [0.717, 1.165) is 31.2 Å². The quantitative estimate of drug-likeness (QED) is 0.730. The Morgan fingerprint density at radius 2 is 2.06 bits per heavy atom. The van der Waals surface area contributed by atoms with E-state index in [4.69, 9.17) is 4.74 Å². The number of aromatic nitrogens is 1. The minimum Gasteiger partial charge on any atom is -0.380 e. The van der Waals surface area contributed by atoms with Crippen LogP contribution in [0.5, 0.6) is 0 Å². The lowest BCUT2D eigenvalue weighted by molar-refractivity contribution is 0.141. The topological polar surface area (TPSA) is 46.2 Å². The maximum atomic E-state index is 5.36. The van der Waals surface area contributed by atoms with E-state index in [-0.39, 0.29) is 6.04 Å². The van der Waals surface area contributed by atoms with Crippen molar-refractivity contribution in [2.24, 2.45) is 0 Å². The largest absolute Gasteiger partial charge is 0.380 e. The summed E-state index contributed by atoms with van der Waals surface area (Å²) in [6, 6.07) is 6.22. The Kier molecular flexibility index (Phi) is 6.40. The number of hydrogen-bond acceptors (Lipinski definition) is 4. The summed E-state index contributed by atoms with van der Waals surface area (Å²) < 4.78 is 5.36. The molecule has 0 spiro atoms. The highest BCUT2D eigenvalue weighted by atomic mass is 16.5. The summed E-state index contributed by atoms with van der Waals surface area (Å²) in [6.45, 7) is 8.62. The molecule has 1 rings (SSSR count). The molecule has 4 nitrogen and oxygen atoms in total. The number of nitrogens with one attached hydrogen (secondary N) is 2. The molecule has 0 amide bonds. The van der Waals surface area contributed by atoms with Crippen LogP contribution in [0, 0.1) is 0 Å². The van der Waals surface area contributed by atoms with Crippen molar-refractivity contribution in [1.82, 2.24) is 4.98 Å². The molecule has 17 heavy (non-hydrogen) atoms. The van der Waals surface area contributed by atoms with Crippen molar-refractivity contribution in [3.63, 3.8) is 0 Å². The van der Waals surface area contributed by atoms with E-state index >= 15 is 0 Å². The van der Waals surface area contributed by atoms with Gasteiger partial charge < -0.3 is 15.4 Å². The molecule has 4 heteroatoms. The molecule has 1 aromatic rings. The minimum absolute atomic E-state index is 0.267. The van der Waals surface area contributed by atoms with Crippen molar-refractivity contribution in [2.75, 3.05) is 30.4 Å². The van der Waals surface area contributed by atoms with Gasteiger partial charge in [-0.3, -0.25) is 0 Å². The van der Waals surface area contributed by atoms with Crippen LogP contribution in [-0.2, 0) is 4.74 Å². The van der Waals surface area contributed by atoms with E-state index in [0.29, 0.717) is 6.61 Å². The maximum absolute atomic E-state index is 5.36. The molecular formula is C13H23N3O. The van der Waals surface area contributed by atoms with Gasteiger partial charge in [-0.1, -0.05) is 13.0 Å². The second kappa shape index (κ2) is 7.90. The average molecular weight is 237 g/mol. The molecule has 2 N–H and O–H groups in total. The molecule has 0 aromatic carbocycles. The monoisotopic (exact) mass is 237 g/mol. The van der Waals surface area contributed by atoms with Crippen LogP contribution >= 0.6 is 0 Å². The molecule has 0 aliphatic rings. The van der Waals surface area contributed by atoms with E-state index in [1.165, 1.54) is 0 Å². The van der Waals surface area contributed by atoms with Crippen molar-refractivity contribution in [3.8, 4) is 0 Å². The van der Waals surface area contributed by atoms with Crippen molar-refractivity contribution >= 4 is 11.6 Å². The Bertz CT molecular complexity index is 317. The highest BCUT2D eigenvalue weighted by Crippen LogP contribution is 2.10. The van der Waals surface area contributed by atoms with Gasteiger partial charge in [0.05, 0.1) is 6.61 Å². The number of pyridine rings is 1. The third kappa shape index (κ3) is 5.54. The van der Waals surface area contributed by atoms with Crippen LogP contribution in [0.2, 0.25) is 0 Å². The zero-order valence-electron chi connectivity index (χ0n) is 11.0. The molecule has 1 unspecified atom stereocenters. The van der Waals surface area contributed by atoms with Crippen molar-refractivity contribution in [1.29, 1.82) is 0 Å². The molecule has 0 saturated carbocycles. The Hall–Kier alpha value is -1.29. The fraction of sp³-hybridized carbons (Fsp3) is 0.615. The summed E-state index contributed by atoms with van der Waals surface area (Å²) in [4.78, 5) is 4.48. The van der Waals surface area contributed by atoms with Crippen LogP contribution < -0.4 is 10.6 Å². The highest BCUT2D eigenvalue weighted by molar-refractivity contribution is 5.45. The maximum Gasteiger partial charge on any atom is 0.128 e. The zero-order valence-corrected chi connectivity index (χ0v) is 11.0. The van der Waals surface area contributed by atoms with Gasteiger partial charge in [-0.25, -0.2) is 4.98 Å². The minimum atomic E-state index is 0.267. The zero-order chi connectivity index (χ0) is 12.5. The van der Waals surface area contributed by atoms with E-state index in [1.807, 2.05) is 25.1 Å². The summed E-state index contributed by atoms with van der Waals surface area (Å²) in [5.41, 5.74) is 0. The Morgan fingerprint density at radius 3 is 2.76 bits per heavy atom. The first-order valence-electron chi connectivity index (χ1n) is 6.31. The summed E-state index contributed by atoms with van der Waals surface area (Å²) >= 11 is 0. The van der Waals surface area contributed by atoms with Gasteiger partial charge in [0.1, 0.15) is 11.6 Å². The predicted molar refractivity (Wildman–Crippen MR) is 72.6 cm³/mol. The summed E-state index contributed by atoms with van der Waals surface area (Å²) in [5.74, 6) is 1.80. The third-order valence-electron chi connectivity index (χ3n) is 2.27. The van der Waals surface area contributed by atoms with Gasteiger partial charge in [-0.05, 0) is 32.4 Å². The van der Waals surface area contributed by atoms with Crippen LogP contribution in [-0.4, -0.2) is 30.8 Å². The number of hydrogen-bond donors (Lipinski definition) is 2. The van der Waals surface area contributed by atoms with Gasteiger partial charge >= 0.3 is 0 Å². The van der Waals surface area contributed by atoms with Crippen LogP contribution in [0.25, 0.3) is 0 Å². The van der Waals surface area contributed by atoms with E-state index in [1.54, 1.807) is 0 Å². The van der Waals surface area contributed by atoms with Crippen LogP contribution in [0.15, 0.2) is 18.2 Å². The van der Waals surface area contributed by atoms with Crippen molar-refractivity contribution < 1.29 is 4.74 Å². The number of anilines is 2.